The van der Waals surface area contributed by atoms with Crippen molar-refractivity contribution < 1.29 is 9.13 Å². The first-order valence-corrected chi connectivity index (χ1v) is 5.70. The van der Waals surface area contributed by atoms with Crippen molar-refractivity contribution in [2.45, 2.75) is 13.5 Å². The minimum absolute atomic E-state index is 0.178. The van der Waals surface area contributed by atoms with Gasteiger partial charge < -0.3 is 10.1 Å². The zero-order chi connectivity index (χ0) is 11.6. The van der Waals surface area contributed by atoms with Crippen LogP contribution >= 0.6 is 11.6 Å². The topological polar surface area (TPSA) is 21.3 Å². The summed E-state index contributed by atoms with van der Waals surface area (Å²) in [6.07, 6.45) is 0. The largest absolute Gasteiger partial charge is 0.380 e. The Morgan fingerprint density at radius 2 is 2.25 bits per heavy atom. The van der Waals surface area contributed by atoms with Crippen LogP contribution in [0.25, 0.3) is 0 Å². The van der Waals surface area contributed by atoms with Gasteiger partial charge in [-0.1, -0.05) is 30.7 Å². The minimum Gasteiger partial charge on any atom is -0.380 e. The molecular formula is C12H15ClFNO. The van der Waals surface area contributed by atoms with Gasteiger partial charge in [-0.25, -0.2) is 4.39 Å². The zero-order valence-corrected chi connectivity index (χ0v) is 9.98. The number of halogens is 2. The van der Waals surface area contributed by atoms with Gasteiger partial charge in [-0.3, -0.25) is 0 Å². The number of hydrogen-bond acceptors (Lipinski definition) is 2. The van der Waals surface area contributed by atoms with Crippen LogP contribution in [0.15, 0.2) is 18.2 Å². The summed E-state index contributed by atoms with van der Waals surface area (Å²) in [5, 5.41) is 3.41. The van der Waals surface area contributed by atoms with E-state index in [1.165, 1.54) is 0 Å². The molecule has 1 aliphatic heterocycles. The summed E-state index contributed by atoms with van der Waals surface area (Å²) in [4.78, 5) is 0. The predicted octanol–water partition coefficient (Wildman–Crippen LogP) is 2.61. The Hall–Kier alpha value is -0.640. The van der Waals surface area contributed by atoms with Crippen LogP contribution < -0.4 is 5.32 Å². The summed E-state index contributed by atoms with van der Waals surface area (Å²) in [6.45, 7) is 5.04. The van der Waals surface area contributed by atoms with Gasteiger partial charge in [0.15, 0.2) is 0 Å². The van der Waals surface area contributed by atoms with Crippen LogP contribution in [0, 0.1) is 11.2 Å². The third kappa shape index (κ3) is 2.54. The van der Waals surface area contributed by atoms with Crippen molar-refractivity contribution in [3.63, 3.8) is 0 Å². The highest BCUT2D eigenvalue weighted by Crippen LogP contribution is 2.25. The highest BCUT2D eigenvalue weighted by atomic mass is 35.5. The van der Waals surface area contributed by atoms with Crippen LogP contribution in [0.1, 0.15) is 12.5 Å². The second-order valence-corrected chi connectivity index (χ2v) is 5.03. The van der Waals surface area contributed by atoms with Crippen molar-refractivity contribution in [2.75, 3.05) is 19.8 Å². The maximum absolute atomic E-state index is 13.5. The van der Waals surface area contributed by atoms with Gasteiger partial charge in [-0.2, -0.15) is 0 Å². The van der Waals surface area contributed by atoms with Gasteiger partial charge in [0.1, 0.15) is 5.82 Å². The summed E-state index contributed by atoms with van der Waals surface area (Å²) < 4.78 is 18.7. The molecule has 0 aromatic heterocycles. The smallest absolute Gasteiger partial charge is 0.146 e. The Bertz CT molecular complexity index is 379. The molecule has 1 fully saturated rings. The van der Waals surface area contributed by atoms with Crippen molar-refractivity contribution >= 4 is 11.6 Å². The Morgan fingerprint density at radius 3 is 2.88 bits per heavy atom. The maximum Gasteiger partial charge on any atom is 0.146 e. The maximum atomic E-state index is 13.5. The molecule has 1 aliphatic rings. The minimum atomic E-state index is -0.327. The van der Waals surface area contributed by atoms with Crippen LogP contribution in [-0.4, -0.2) is 19.8 Å². The molecule has 1 aromatic rings. The molecule has 2 nitrogen and oxygen atoms in total. The molecule has 1 aromatic carbocycles. The van der Waals surface area contributed by atoms with Crippen molar-refractivity contribution in [3.8, 4) is 0 Å². The normalized spacial score (nSPS) is 18.2. The summed E-state index contributed by atoms with van der Waals surface area (Å²) >= 11 is 5.70. The molecule has 0 aliphatic carbocycles. The lowest BCUT2D eigenvalue weighted by atomic mass is 9.89. The molecule has 1 heterocycles. The highest BCUT2D eigenvalue weighted by molar-refractivity contribution is 6.30. The average molecular weight is 244 g/mol. The molecule has 0 atom stereocenters. The summed E-state index contributed by atoms with van der Waals surface area (Å²) in [5.74, 6) is -0.327. The molecule has 0 bridgehead atoms. The van der Waals surface area contributed by atoms with E-state index in [-0.39, 0.29) is 16.3 Å². The van der Waals surface area contributed by atoms with E-state index in [4.69, 9.17) is 16.3 Å². The number of rotatable bonds is 4. The van der Waals surface area contributed by atoms with Crippen molar-refractivity contribution in [2.24, 2.45) is 5.41 Å². The van der Waals surface area contributed by atoms with Crippen molar-refractivity contribution in [1.29, 1.82) is 0 Å². The Morgan fingerprint density at radius 1 is 1.50 bits per heavy atom. The second-order valence-electron chi connectivity index (χ2n) is 4.62. The Kier molecular flexibility index (Phi) is 3.47. The first-order valence-electron chi connectivity index (χ1n) is 5.32. The first-order chi connectivity index (χ1) is 7.61. The van der Waals surface area contributed by atoms with E-state index >= 15 is 0 Å². The van der Waals surface area contributed by atoms with Gasteiger partial charge in [-0.15, -0.1) is 0 Å². The van der Waals surface area contributed by atoms with Gasteiger partial charge in [0.25, 0.3) is 0 Å². The van der Waals surface area contributed by atoms with E-state index < -0.39 is 0 Å². The van der Waals surface area contributed by atoms with Gasteiger partial charge in [0, 0.05) is 24.1 Å². The molecule has 0 radical (unpaired) electrons. The number of ether oxygens (including phenoxy) is 1. The van der Waals surface area contributed by atoms with E-state index in [1.807, 2.05) is 0 Å². The standard InChI is InChI=1S/C12H15ClFNO/c1-12(7-16-8-12)6-15-5-9-3-2-4-10(13)11(9)14/h2-4,15H,5-8H2,1H3. The van der Waals surface area contributed by atoms with Crippen LogP contribution in [0.5, 0.6) is 0 Å². The van der Waals surface area contributed by atoms with Crippen LogP contribution in [0.2, 0.25) is 5.02 Å². The zero-order valence-electron chi connectivity index (χ0n) is 9.22. The molecule has 16 heavy (non-hydrogen) atoms. The van der Waals surface area contributed by atoms with Crippen LogP contribution in [0.3, 0.4) is 0 Å². The monoisotopic (exact) mass is 243 g/mol. The molecule has 88 valence electrons. The third-order valence-electron chi connectivity index (χ3n) is 2.80. The SMILES string of the molecule is CC1(CNCc2cccc(Cl)c2F)COC1. The van der Waals surface area contributed by atoms with E-state index in [0.717, 1.165) is 19.8 Å². The summed E-state index contributed by atoms with van der Waals surface area (Å²) in [7, 11) is 0. The fourth-order valence-electron chi connectivity index (χ4n) is 1.74. The van der Waals surface area contributed by atoms with Gasteiger partial charge in [-0.05, 0) is 6.07 Å². The van der Waals surface area contributed by atoms with Gasteiger partial charge in [0.05, 0.1) is 18.2 Å². The van der Waals surface area contributed by atoms with Crippen LogP contribution in [0.4, 0.5) is 4.39 Å². The highest BCUT2D eigenvalue weighted by Gasteiger charge is 2.32. The number of nitrogens with one attached hydrogen (secondary N) is 1. The summed E-state index contributed by atoms with van der Waals surface area (Å²) in [5.41, 5.74) is 0.811. The van der Waals surface area contributed by atoms with Crippen molar-refractivity contribution in [3.05, 3.63) is 34.6 Å². The molecule has 0 unspecified atom stereocenters. The third-order valence-corrected chi connectivity index (χ3v) is 3.09. The molecule has 1 N–H and O–H groups in total. The first kappa shape index (κ1) is 11.8. The molecule has 1 saturated heterocycles. The van der Waals surface area contributed by atoms with Gasteiger partial charge in [0.2, 0.25) is 0 Å². The molecule has 2 rings (SSSR count). The predicted molar refractivity (Wildman–Crippen MR) is 62.0 cm³/mol. The lowest BCUT2D eigenvalue weighted by Gasteiger charge is -2.38. The van der Waals surface area contributed by atoms with E-state index in [9.17, 15) is 4.39 Å². The number of benzene rings is 1. The average Bonchev–Trinajstić information content (AvgIpc) is 2.22. The second kappa shape index (κ2) is 4.70. The quantitative estimate of drug-likeness (QED) is 0.878. The van der Waals surface area contributed by atoms with E-state index in [2.05, 4.69) is 12.2 Å². The van der Waals surface area contributed by atoms with Crippen molar-refractivity contribution in [1.82, 2.24) is 5.32 Å². The molecule has 4 heteroatoms. The summed E-state index contributed by atoms with van der Waals surface area (Å²) in [6, 6.07) is 5.06. The lowest BCUT2D eigenvalue weighted by Crippen LogP contribution is -2.47. The fraction of sp³-hybridized carbons (Fsp3) is 0.500. The fourth-order valence-corrected chi connectivity index (χ4v) is 1.93. The van der Waals surface area contributed by atoms with E-state index in [0.29, 0.717) is 12.1 Å². The molecule has 0 amide bonds. The van der Waals surface area contributed by atoms with Gasteiger partial charge >= 0.3 is 0 Å². The van der Waals surface area contributed by atoms with Crippen LogP contribution in [-0.2, 0) is 11.3 Å². The van der Waals surface area contributed by atoms with E-state index in [1.54, 1.807) is 18.2 Å². The lowest BCUT2D eigenvalue weighted by molar-refractivity contribution is -0.0991. The molecular weight excluding hydrogens is 229 g/mol. The Labute approximate surface area is 99.7 Å². The Balaban J connectivity index is 1.87. The molecule has 0 saturated carbocycles. The molecule has 0 spiro atoms. The number of hydrogen-bond donors (Lipinski definition) is 1.